The number of halogens is 2. The molecule has 0 aliphatic carbocycles. The zero-order chi connectivity index (χ0) is 18.4. The molecule has 5 nitrogen and oxygen atoms in total. The Hall–Kier alpha value is -1.60. The summed E-state index contributed by atoms with van der Waals surface area (Å²) < 4.78 is 1.97. The third-order valence-corrected chi connectivity index (χ3v) is 5.50. The highest BCUT2D eigenvalue weighted by Crippen LogP contribution is 2.31. The number of aromatic nitrogens is 4. The fourth-order valence-electron chi connectivity index (χ4n) is 2.46. The van der Waals surface area contributed by atoms with E-state index in [1.165, 1.54) is 0 Å². The fraction of sp³-hybridized carbons (Fsp3) is 0.278. The minimum Gasteiger partial charge on any atom is -0.396 e. The average molecular weight is 409 g/mol. The number of thioether (sulfide) groups is 1. The van der Waals surface area contributed by atoms with Crippen molar-refractivity contribution in [3.8, 4) is 17.1 Å². The normalized spacial score (nSPS) is 11.0. The van der Waals surface area contributed by atoms with Crippen molar-refractivity contribution >= 4 is 35.0 Å². The largest absolute Gasteiger partial charge is 0.396 e. The first-order valence-electron chi connectivity index (χ1n) is 8.25. The summed E-state index contributed by atoms with van der Waals surface area (Å²) in [6, 6.07) is 9.28. The summed E-state index contributed by atoms with van der Waals surface area (Å²) in [7, 11) is 0. The zero-order valence-electron chi connectivity index (χ0n) is 14.0. The molecule has 0 amide bonds. The molecule has 0 fully saturated rings. The van der Waals surface area contributed by atoms with Crippen LogP contribution in [0.5, 0.6) is 0 Å². The average Bonchev–Trinajstić information content (AvgIpc) is 3.08. The number of pyridine rings is 1. The van der Waals surface area contributed by atoms with E-state index in [2.05, 4.69) is 15.2 Å². The Morgan fingerprint density at radius 3 is 2.65 bits per heavy atom. The number of hydrogen-bond acceptors (Lipinski definition) is 5. The lowest BCUT2D eigenvalue weighted by Crippen LogP contribution is -2.00. The second-order valence-corrected chi connectivity index (χ2v) is 7.49. The number of unbranched alkanes of at least 4 members (excludes halogenated alkanes) is 2. The lowest BCUT2D eigenvalue weighted by Gasteiger charge is -2.11. The van der Waals surface area contributed by atoms with Gasteiger partial charge in [-0.25, -0.2) is 0 Å². The van der Waals surface area contributed by atoms with Crippen molar-refractivity contribution in [1.29, 1.82) is 0 Å². The molecular formula is C18H18Cl2N4OS. The number of aliphatic hydroxyl groups is 1. The highest BCUT2D eigenvalue weighted by Gasteiger charge is 2.17. The van der Waals surface area contributed by atoms with Crippen molar-refractivity contribution < 1.29 is 5.11 Å². The standard InChI is InChI=1S/C18H18Cl2N4OS/c19-15-7-6-14(11-16(15)20)24-17(13-5-4-8-21-12-13)22-23-18(24)26-10-3-1-2-9-25/h4-8,11-12,25H,1-3,9-10H2. The van der Waals surface area contributed by atoms with E-state index in [9.17, 15) is 0 Å². The zero-order valence-corrected chi connectivity index (χ0v) is 16.3. The molecule has 0 atom stereocenters. The molecule has 0 aliphatic heterocycles. The van der Waals surface area contributed by atoms with Crippen molar-refractivity contribution in [2.75, 3.05) is 12.4 Å². The summed E-state index contributed by atoms with van der Waals surface area (Å²) in [6.45, 7) is 0.231. The predicted molar refractivity (Wildman–Crippen MR) is 106 cm³/mol. The van der Waals surface area contributed by atoms with Crippen LogP contribution in [0.4, 0.5) is 0 Å². The van der Waals surface area contributed by atoms with Crippen LogP contribution in [-0.4, -0.2) is 37.2 Å². The van der Waals surface area contributed by atoms with Crippen LogP contribution in [0, 0.1) is 0 Å². The number of nitrogens with zero attached hydrogens (tertiary/aromatic N) is 4. The van der Waals surface area contributed by atoms with E-state index in [-0.39, 0.29) is 6.61 Å². The maximum atomic E-state index is 8.89. The van der Waals surface area contributed by atoms with Gasteiger partial charge in [0.15, 0.2) is 11.0 Å². The third-order valence-electron chi connectivity index (χ3n) is 3.75. The van der Waals surface area contributed by atoms with Gasteiger partial charge in [0.25, 0.3) is 0 Å². The van der Waals surface area contributed by atoms with Gasteiger partial charge in [-0.3, -0.25) is 9.55 Å². The van der Waals surface area contributed by atoms with E-state index in [4.69, 9.17) is 28.3 Å². The minimum atomic E-state index is 0.231. The second-order valence-electron chi connectivity index (χ2n) is 5.61. The second kappa shape index (κ2) is 9.37. The van der Waals surface area contributed by atoms with Crippen LogP contribution < -0.4 is 0 Å². The SMILES string of the molecule is OCCCCCSc1nnc(-c2cccnc2)n1-c1ccc(Cl)c(Cl)c1. The first-order valence-corrected chi connectivity index (χ1v) is 10.00. The van der Waals surface area contributed by atoms with Gasteiger partial charge >= 0.3 is 0 Å². The van der Waals surface area contributed by atoms with Crippen LogP contribution >= 0.6 is 35.0 Å². The van der Waals surface area contributed by atoms with E-state index in [0.717, 1.165) is 41.4 Å². The molecule has 0 aliphatic rings. The molecule has 0 saturated heterocycles. The summed E-state index contributed by atoms with van der Waals surface area (Å²) in [5.41, 5.74) is 1.72. The van der Waals surface area contributed by atoms with E-state index in [0.29, 0.717) is 15.9 Å². The molecule has 0 spiro atoms. The van der Waals surface area contributed by atoms with Crippen LogP contribution in [0.1, 0.15) is 19.3 Å². The van der Waals surface area contributed by atoms with Crippen molar-refractivity contribution in [3.63, 3.8) is 0 Å². The topological polar surface area (TPSA) is 63.8 Å². The monoisotopic (exact) mass is 408 g/mol. The lowest BCUT2D eigenvalue weighted by atomic mass is 10.2. The number of benzene rings is 1. The smallest absolute Gasteiger partial charge is 0.196 e. The summed E-state index contributed by atoms with van der Waals surface area (Å²) in [5.74, 6) is 1.60. The van der Waals surface area contributed by atoms with Crippen molar-refractivity contribution in [3.05, 3.63) is 52.8 Å². The minimum absolute atomic E-state index is 0.231. The fourth-order valence-corrected chi connectivity index (χ4v) is 3.70. The highest BCUT2D eigenvalue weighted by atomic mass is 35.5. The van der Waals surface area contributed by atoms with Gasteiger partial charge in [-0.15, -0.1) is 10.2 Å². The summed E-state index contributed by atoms with van der Waals surface area (Å²) in [5, 5.41) is 19.4. The molecule has 0 unspecified atom stereocenters. The van der Waals surface area contributed by atoms with Crippen molar-refractivity contribution in [2.24, 2.45) is 0 Å². The van der Waals surface area contributed by atoms with Gasteiger partial charge in [-0.2, -0.15) is 0 Å². The molecule has 3 aromatic rings. The molecule has 136 valence electrons. The summed E-state index contributed by atoms with van der Waals surface area (Å²) in [6.07, 6.45) is 6.29. The quantitative estimate of drug-likeness (QED) is 0.424. The van der Waals surface area contributed by atoms with Gasteiger partial charge in [0.1, 0.15) is 0 Å². The molecule has 1 N–H and O–H groups in total. The van der Waals surface area contributed by atoms with Crippen molar-refractivity contribution in [1.82, 2.24) is 19.7 Å². The van der Waals surface area contributed by atoms with E-state index < -0.39 is 0 Å². The van der Waals surface area contributed by atoms with Crippen LogP contribution in [-0.2, 0) is 0 Å². The lowest BCUT2D eigenvalue weighted by molar-refractivity contribution is 0.284. The molecule has 0 radical (unpaired) electrons. The van der Waals surface area contributed by atoms with Gasteiger partial charge in [0, 0.05) is 30.3 Å². The van der Waals surface area contributed by atoms with Gasteiger partial charge < -0.3 is 5.11 Å². The van der Waals surface area contributed by atoms with Crippen molar-refractivity contribution in [2.45, 2.75) is 24.4 Å². The van der Waals surface area contributed by atoms with Crippen LogP contribution in [0.15, 0.2) is 47.9 Å². The Kier molecular flexibility index (Phi) is 6.91. The molecule has 8 heteroatoms. The molecule has 0 saturated carbocycles. The molecule has 2 heterocycles. The maximum absolute atomic E-state index is 8.89. The van der Waals surface area contributed by atoms with Gasteiger partial charge in [-0.1, -0.05) is 41.4 Å². The van der Waals surface area contributed by atoms with E-state index >= 15 is 0 Å². The van der Waals surface area contributed by atoms with Crippen LogP contribution in [0.25, 0.3) is 17.1 Å². The van der Waals surface area contributed by atoms with Gasteiger partial charge in [0.2, 0.25) is 0 Å². The summed E-state index contributed by atoms with van der Waals surface area (Å²) in [4.78, 5) is 4.17. The van der Waals surface area contributed by atoms with E-state index in [1.54, 1.807) is 30.2 Å². The Labute approximate surface area is 166 Å². The van der Waals surface area contributed by atoms with E-state index in [1.807, 2.05) is 28.8 Å². The number of aliphatic hydroxyl groups excluding tert-OH is 1. The molecule has 1 aromatic carbocycles. The Morgan fingerprint density at radius 2 is 1.92 bits per heavy atom. The Morgan fingerprint density at radius 1 is 1.04 bits per heavy atom. The molecule has 3 rings (SSSR count). The molecule has 26 heavy (non-hydrogen) atoms. The van der Waals surface area contributed by atoms with Gasteiger partial charge in [0.05, 0.1) is 15.7 Å². The van der Waals surface area contributed by atoms with Crippen LogP contribution in [0.2, 0.25) is 10.0 Å². The van der Waals surface area contributed by atoms with Crippen LogP contribution in [0.3, 0.4) is 0 Å². The molecular weight excluding hydrogens is 391 g/mol. The summed E-state index contributed by atoms with van der Waals surface area (Å²) >= 11 is 13.9. The first-order chi connectivity index (χ1) is 12.7. The third kappa shape index (κ3) is 4.57. The molecule has 0 bridgehead atoms. The number of rotatable bonds is 8. The Balaban J connectivity index is 1.94. The maximum Gasteiger partial charge on any atom is 0.196 e. The molecule has 2 aromatic heterocycles. The number of hydrogen-bond donors (Lipinski definition) is 1. The Bertz CT molecular complexity index is 858. The highest BCUT2D eigenvalue weighted by molar-refractivity contribution is 7.99. The predicted octanol–water partition coefficient (Wildman–Crippen LogP) is 4.89. The first kappa shape index (κ1) is 19.2. The van der Waals surface area contributed by atoms with Gasteiger partial charge in [-0.05, 0) is 43.2 Å².